The lowest BCUT2D eigenvalue weighted by atomic mass is 9.77. The molecule has 1 saturated carbocycles. The molecule has 1 unspecified atom stereocenters. The zero-order valence-corrected chi connectivity index (χ0v) is 19.0. The van der Waals surface area contributed by atoms with Crippen LogP contribution in [0.1, 0.15) is 92.6 Å². The average molecular weight is 462 g/mol. The lowest BCUT2D eigenvalue weighted by Gasteiger charge is -2.29. The Bertz CT molecular complexity index is 930. The molecule has 0 aromatic heterocycles. The third-order valence-electron chi connectivity index (χ3n) is 6.66. The van der Waals surface area contributed by atoms with Crippen LogP contribution in [-0.4, -0.2) is 6.11 Å². The predicted octanol–water partition coefficient (Wildman–Crippen LogP) is 8.37. The molecule has 1 fully saturated rings. The maximum atomic E-state index is 14.6. The second-order valence-corrected chi connectivity index (χ2v) is 9.01. The molecule has 1 atom stereocenters. The van der Waals surface area contributed by atoms with E-state index >= 15 is 0 Å². The maximum Gasteiger partial charge on any atom is 0.391 e. The van der Waals surface area contributed by atoms with E-state index in [9.17, 15) is 17.6 Å². The molecule has 1 aliphatic carbocycles. The van der Waals surface area contributed by atoms with Gasteiger partial charge in [0.05, 0.1) is 18.2 Å². The number of alkyl halides is 3. The molecule has 0 radical (unpaired) electrons. The minimum Gasteiger partial charge on any atom is -0.313 e. The quantitative estimate of drug-likeness (QED) is 0.263. The van der Waals surface area contributed by atoms with E-state index in [-0.39, 0.29) is 22.6 Å². The fraction of sp³-hybridized carbons (Fsp3) is 0.519. The number of benzene rings is 2. The van der Waals surface area contributed by atoms with Crippen LogP contribution in [0, 0.1) is 23.1 Å². The van der Waals surface area contributed by atoms with E-state index < -0.39 is 24.7 Å². The fourth-order valence-electron chi connectivity index (χ4n) is 4.57. The molecule has 2 aromatic carbocycles. The average Bonchev–Trinajstić information content (AvgIpc) is 2.83. The van der Waals surface area contributed by atoms with Crippen molar-refractivity contribution in [3.63, 3.8) is 0 Å². The number of rotatable bonds is 10. The standard InChI is InChI=1S/C27H31F4NO/c1-2-3-4-5-19-6-10-21(11-7-19)23-14-15-24(25(28)16-23)18-33-27(30,31)26(29)22-12-8-20(17-32)9-13-22/h8-9,12-16,19,21,26H,2-7,10-11,18H2,1H3. The van der Waals surface area contributed by atoms with Gasteiger partial charge >= 0.3 is 6.11 Å². The molecule has 178 valence electrons. The number of unbranched alkanes of at least 4 members (excludes halogenated alkanes) is 2. The first-order valence-electron chi connectivity index (χ1n) is 11.8. The van der Waals surface area contributed by atoms with Crippen LogP contribution in [0.5, 0.6) is 0 Å². The number of hydrogen-bond donors (Lipinski definition) is 0. The number of ether oxygens (including phenoxy) is 1. The van der Waals surface area contributed by atoms with Gasteiger partial charge in [-0.15, -0.1) is 0 Å². The molecular formula is C27H31F4NO. The molecule has 0 aliphatic heterocycles. The summed E-state index contributed by atoms with van der Waals surface area (Å²) >= 11 is 0. The summed E-state index contributed by atoms with van der Waals surface area (Å²) in [6, 6.07) is 11.2. The van der Waals surface area contributed by atoms with Gasteiger partial charge in [0, 0.05) is 5.56 Å². The normalized spacial score (nSPS) is 19.8. The van der Waals surface area contributed by atoms with Gasteiger partial charge < -0.3 is 4.74 Å². The van der Waals surface area contributed by atoms with Gasteiger partial charge in [0.25, 0.3) is 0 Å². The molecule has 2 nitrogen and oxygen atoms in total. The molecule has 0 bridgehead atoms. The summed E-state index contributed by atoms with van der Waals surface area (Å²) in [5.41, 5.74) is 0.789. The van der Waals surface area contributed by atoms with E-state index in [2.05, 4.69) is 11.7 Å². The van der Waals surface area contributed by atoms with Gasteiger partial charge in [-0.1, -0.05) is 56.9 Å². The third-order valence-corrected chi connectivity index (χ3v) is 6.66. The molecule has 33 heavy (non-hydrogen) atoms. The molecular weight excluding hydrogens is 430 g/mol. The number of halogens is 4. The first-order chi connectivity index (χ1) is 15.8. The van der Waals surface area contributed by atoms with Crippen LogP contribution < -0.4 is 0 Å². The van der Waals surface area contributed by atoms with Crippen molar-refractivity contribution in [1.29, 1.82) is 5.26 Å². The van der Waals surface area contributed by atoms with Crippen molar-refractivity contribution in [2.24, 2.45) is 5.92 Å². The summed E-state index contributed by atoms with van der Waals surface area (Å²) in [5, 5.41) is 8.77. The largest absolute Gasteiger partial charge is 0.391 e. The van der Waals surface area contributed by atoms with Gasteiger partial charge in [-0.3, -0.25) is 0 Å². The molecule has 2 aromatic rings. The van der Waals surface area contributed by atoms with E-state index in [4.69, 9.17) is 5.26 Å². The zero-order chi connectivity index (χ0) is 23.8. The summed E-state index contributed by atoms with van der Waals surface area (Å²) < 4.78 is 61.9. The second kappa shape index (κ2) is 11.7. The Morgan fingerprint density at radius 2 is 1.76 bits per heavy atom. The molecule has 1 aliphatic rings. The van der Waals surface area contributed by atoms with E-state index in [1.54, 1.807) is 6.07 Å². The minimum absolute atomic E-state index is 0.0290. The summed E-state index contributed by atoms with van der Waals surface area (Å²) in [6.07, 6.45) is 2.47. The highest BCUT2D eigenvalue weighted by Crippen LogP contribution is 2.39. The van der Waals surface area contributed by atoms with E-state index in [0.717, 1.165) is 49.3 Å². The Labute approximate surface area is 193 Å². The van der Waals surface area contributed by atoms with Crippen LogP contribution in [-0.2, 0) is 11.3 Å². The highest BCUT2D eigenvalue weighted by molar-refractivity contribution is 5.33. The van der Waals surface area contributed by atoms with Crippen molar-refractivity contribution >= 4 is 0 Å². The number of hydrogen-bond acceptors (Lipinski definition) is 2. The first kappa shape index (κ1) is 25.2. The van der Waals surface area contributed by atoms with Gasteiger partial charge in [0.15, 0.2) is 0 Å². The van der Waals surface area contributed by atoms with Crippen molar-refractivity contribution < 1.29 is 22.3 Å². The Balaban J connectivity index is 1.55. The van der Waals surface area contributed by atoms with Gasteiger partial charge in [0.1, 0.15) is 5.82 Å². The predicted molar refractivity (Wildman–Crippen MR) is 120 cm³/mol. The van der Waals surface area contributed by atoms with Crippen molar-refractivity contribution in [2.45, 2.75) is 83.1 Å². The SMILES string of the molecule is CCCCCC1CCC(c2ccc(COC(F)(F)C(F)c3ccc(C#N)cc3)c(F)c2)CC1. The molecule has 0 N–H and O–H groups in total. The smallest absolute Gasteiger partial charge is 0.313 e. The summed E-state index contributed by atoms with van der Waals surface area (Å²) in [5.74, 6) is 0.421. The van der Waals surface area contributed by atoms with E-state index in [0.29, 0.717) is 0 Å². The Hall–Kier alpha value is -2.39. The molecule has 3 rings (SSSR count). The lowest BCUT2D eigenvalue weighted by Crippen LogP contribution is -2.27. The van der Waals surface area contributed by atoms with E-state index in [1.165, 1.54) is 49.9 Å². The van der Waals surface area contributed by atoms with Crippen molar-refractivity contribution in [3.05, 3.63) is 70.5 Å². The summed E-state index contributed by atoms with van der Waals surface area (Å²) in [6.45, 7) is 1.46. The van der Waals surface area contributed by atoms with Crippen molar-refractivity contribution in [3.8, 4) is 6.07 Å². The lowest BCUT2D eigenvalue weighted by molar-refractivity contribution is -0.282. The first-order valence-corrected chi connectivity index (χ1v) is 11.8. The molecule has 0 amide bonds. The Morgan fingerprint density at radius 3 is 2.36 bits per heavy atom. The molecule has 0 spiro atoms. The monoisotopic (exact) mass is 461 g/mol. The summed E-state index contributed by atoms with van der Waals surface area (Å²) in [4.78, 5) is 0. The molecule has 0 saturated heterocycles. The number of nitrogens with zero attached hydrogens (tertiary/aromatic N) is 1. The summed E-state index contributed by atoms with van der Waals surface area (Å²) in [7, 11) is 0. The van der Waals surface area contributed by atoms with Gasteiger partial charge in [0.2, 0.25) is 6.17 Å². The third kappa shape index (κ3) is 6.80. The minimum atomic E-state index is -4.13. The van der Waals surface area contributed by atoms with Gasteiger partial charge in [-0.2, -0.15) is 14.0 Å². The van der Waals surface area contributed by atoms with Crippen LogP contribution >= 0.6 is 0 Å². The van der Waals surface area contributed by atoms with Gasteiger partial charge in [-0.25, -0.2) is 8.78 Å². The molecule has 0 heterocycles. The van der Waals surface area contributed by atoms with E-state index in [1.807, 2.05) is 6.07 Å². The topological polar surface area (TPSA) is 33.0 Å². The second-order valence-electron chi connectivity index (χ2n) is 9.01. The molecule has 6 heteroatoms. The van der Waals surface area contributed by atoms with Crippen LogP contribution in [0.2, 0.25) is 0 Å². The fourth-order valence-corrected chi connectivity index (χ4v) is 4.57. The Kier molecular flexibility index (Phi) is 8.91. The number of nitriles is 1. The van der Waals surface area contributed by atoms with Crippen molar-refractivity contribution in [2.75, 3.05) is 0 Å². The van der Waals surface area contributed by atoms with Crippen molar-refractivity contribution in [1.82, 2.24) is 0 Å². The van der Waals surface area contributed by atoms with Crippen LogP contribution in [0.25, 0.3) is 0 Å². The van der Waals surface area contributed by atoms with Crippen LogP contribution in [0.3, 0.4) is 0 Å². The maximum absolute atomic E-state index is 14.6. The van der Waals surface area contributed by atoms with Crippen LogP contribution in [0.15, 0.2) is 42.5 Å². The van der Waals surface area contributed by atoms with Gasteiger partial charge in [-0.05, 0) is 66.8 Å². The highest BCUT2D eigenvalue weighted by Gasteiger charge is 2.43. The van der Waals surface area contributed by atoms with Crippen LogP contribution in [0.4, 0.5) is 17.6 Å². The Morgan fingerprint density at radius 1 is 1.06 bits per heavy atom. The zero-order valence-electron chi connectivity index (χ0n) is 19.0. The highest BCUT2D eigenvalue weighted by atomic mass is 19.3.